The molecule has 0 bridgehead atoms. The molecule has 0 aliphatic carbocycles. The van der Waals surface area contributed by atoms with Crippen LogP contribution in [0.4, 0.5) is 0 Å². The van der Waals surface area contributed by atoms with E-state index in [2.05, 4.69) is 0 Å². The second-order valence-electron chi connectivity index (χ2n) is 7.01. The molecule has 0 spiro atoms. The third-order valence-electron chi connectivity index (χ3n) is 5.52. The maximum absolute atomic E-state index is 12.6. The first-order chi connectivity index (χ1) is 13.5. The maximum atomic E-state index is 12.6. The number of methoxy groups -OCH3 is 2. The summed E-state index contributed by atoms with van der Waals surface area (Å²) in [5.74, 6) is -0.922. The molecule has 28 heavy (non-hydrogen) atoms. The zero-order valence-electron chi connectivity index (χ0n) is 16.3. The van der Waals surface area contributed by atoms with Crippen molar-refractivity contribution in [1.82, 2.24) is 0 Å². The fraction of sp³-hybridized carbons (Fsp3) is 0.364. The summed E-state index contributed by atoms with van der Waals surface area (Å²) in [5, 5.41) is 0. The monoisotopic (exact) mass is 382 g/mol. The van der Waals surface area contributed by atoms with Crippen molar-refractivity contribution >= 4 is 11.9 Å². The lowest BCUT2D eigenvalue weighted by atomic mass is 9.82. The minimum Gasteiger partial charge on any atom is -0.465 e. The van der Waals surface area contributed by atoms with E-state index in [9.17, 15) is 9.59 Å². The van der Waals surface area contributed by atoms with Gasteiger partial charge in [0.25, 0.3) is 0 Å². The van der Waals surface area contributed by atoms with Gasteiger partial charge in [0.2, 0.25) is 0 Å². The van der Waals surface area contributed by atoms with E-state index in [1.807, 2.05) is 26.0 Å². The van der Waals surface area contributed by atoms with Crippen LogP contribution in [0.3, 0.4) is 0 Å². The van der Waals surface area contributed by atoms with E-state index < -0.39 is 11.9 Å². The Kier molecular flexibility index (Phi) is 4.69. The van der Waals surface area contributed by atoms with E-state index in [1.54, 1.807) is 12.1 Å². The van der Waals surface area contributed by atoms with Gasteiger partial charge in [0, 0.05) is 11.1 Å². The van der Waals surface area contributed by atoms with Crippen molar-refractivity contribution in [2.75, 3.05) is 14.2 Å². The van der Waals surface area contributed by atoms with Gasteiger partial charge in [-0.05, 0) is 48.2 Å². The van der Waals surface area contributed by atoms with E-state index in [-0.39, 0.29) is 12.2 Å². The Hall–Kier alpha value is -2.70. The van der Waals surface area contributed by atoms with Crippen LogP contribution >= 0.6 is 0 Å². The summed E-state index contributed by atoms with van der Waals surface area (Å²) < 4.78 is 21.7. The molecule has 0 radical (unpaired) electrons. The van der Waals surface area contributed by atoms with Crippen molar-refractivity contribution in [3.8, 4) is 11.1 Å². The molecule has 0 fully saturated rings. The number of esters is 2. The van der Waals surface area contributed by atoms with Gasteiger partial charge in [0.05, 0.1) is 50.8 Å². The molecule has 6 heteroatoms. The number of carbonyl (C=O) groups is 2. The first kappa shape index (κ1) is 18.7. The second kappa shape index (κ2) is 7.04. The average molecular weight is 382 g/mol. The summed E-state index contributed by atoms with van der Waals surface area (Å²) in [6.07, 6.45) is -0.429. The Morgan fingerprint density at radius 2 is 1.18 bits per heavy atom. The molecule has 0 saturated carbocycles. The molecule has 0 saturated heterocycles. The molecule has 6 nitrogen and oxygen atoms in total. The summed E-state index contributed by atoms with van der Waals surface area (Å²) in [6, 6.07) is 7.25. The zero-order valence-corrected chi connectivity index (χ0v) is 16.3. The Morgan fingerprint density at radius 1 is 0.786 bits per heavy atom. The normalized spacial score (nSPS) is 19.9. The summed E-state index contributed by atoms with van der Waals surface area (Å²) in [5.41, 5.74) is 5.94. The molecule has 0 unspecified atom stereocenters. The molecule has 0 amide bonds. The molecular weight excluding hydrogens is 360 g/mol. The highest BCUT2D eigenvalue weighted by Gasteiger charge is 2.35. The van der Waals surface area contributed by atoms with Gasteiger partial charge in [-0.15, -0.1) is 0 Å². The van der Waals surface area contributed by atoms with Gasteiger partial charge in [-0.1, -0.05) is 12.1 Å². The van der Waals surface area contributed by atoms with Crippen LogP contribution in [0.5, 0.6) is 0 Å². The third-order valence-corrected chi connectivity index (χ3v) is 5.52. The molecule has 2 aromatic carbocycles. The number of fused-ring (bicyclic) bond motifs is 2. The van der Waals surface area contributed by atoms with Crippen LogP contribution in [0, 0.1) is 0 Å². The summed E-state index contributed by atoms with van der Waals surface area (Å²) >= 11 is 0. The fourth-order valence-electron chi connectivity index (χ4n) is 4.20. The van der Waals surface area contributed by atoms with Gasteiger partial charge < -0.3 is 18.9 Å². The minimum absolute atomic E-state index is 0.214. The lowest BCUT2D eigenvalue weighted by Gasteiger charge is -2.21. The fourth-order valence-corrected chi connectivity index (χ4v) is 4.20. The minimum atomic E-state index is -0.461. The van der Waals surface area contributed by atoms with Gasteiger partial charge in [0.1, 0.15) is 0 Å². The van der Waals surface area contributed by atoms with Crippen LogP contribution in [-0.2, 0) is 32.2 Å². The third kappa shape index (κ3) is 2.72. The largest absolute Gasteiger partial charge is 0.465 e. The number of rotatable bonds is 3. The SMILES string of the molecule is COC(=O)c1ccc2c(c1-c1c(C(=O)OC)ccc3c1[C@@H](C)OC3)[C@@H](C)OC2. The van der Waals surface area contributed by atoms with Crippen LogP contribution < -0.4 is 0 Å². The predicted molar refractivity (Wildman–Crippen MR) is 101 cm³/mol. The molecule has 146 valence electrons. The molecule has 2 heterocycles. The lowest BCUT2D eigenvalue weighted by Crippen LogP contribution is -2.13. The van der Waals surface area contributed by atoms with Gasteiger partial charge in [0.15, 0.2) is 0 Å². The van der Waals surface area contributed by atoms with Crippen LogP contribution in [0.2, 0.25) is 0 Å². The first-order valence-corrected chi connectivity index (χ1v) is 9.19. The van der Waals surface area contributed by atoms with Crippen molar-refractivity contribution in [3.05, 3.63) is 57.6 Å². The molecule has 0 N–H and O–H groups in total. The standard InChI is InChI=1S/C22H22O6/c1-11-17-13(9-27-11)5-7-15(21(23)25-3)19(17)20-16(22(24)26-4)8-6-14-10-28-12(2)18(14)20/h5-8,11-12H,9-10H2,1-4H3/t11-,12-/m1/s1. The van der Waals surface area contributed by atoms with Crippen LogP contribution in [0.25, 0.3) is 11.1 Å². The highest BCUT2D eigenvalue weighted by Crippen LogP contribution is 2.47. The van der Waals surface area contributed by atoms with E-state index >= 15 is 0 Å². The molecule has 0 aromatic heterocycles. The number of benzene rings is 2. The molecule has 2 aromatic rings. The molecule has 4 rings (SSSR count). The van der Waals surface area contributed by atoms with Crippen molar-refractivity contribution in [2.24, 2.45) is 0 Å². The number of carbonyl (C=O) groups excluding carboxylic acids is 2. The van der Waals surface area contributed by atoms with Crippen molar-refractivity contribution in [2.45, 2.75) is 39.3 Å². The Morgan fingerprint density at radius 3 is 1.54 bits per heavy atom. The Bertz CT molecular complexity index is 898. The summed E-state index contributed by atoms with van der Waals surface area (Å²) in [6.45, 7) is 4.80. The summed E-state index contributed by atoms with van der Waals surface area (Å²) in [4.78, 5) is 25.3. The summed E-state index contributed by atoms with van der Waals surface area (Å²) in [7, 11) is 2.70. The molecule has 2 aliphatic rings. The van der Waals surface area contributed by atoms with Crippen molar-refractivity contribution < 1.29 is 28.5 Å². The second-order valence-corrected chi connectivity index (χ2v) is 7.01. The maximum Gasteiger partial charge on any atom is 0.338 e. The highest BCUT2D eigenvalue weighted by molar-refractivity contribution is 6.05. The molecule has 2 aliphatic heterocycles. The smallest absolute Gasteiger partial charge is 0.338 e. The topological polar surface area (TPSA) is 71.1 Å². The van der Waals surface area contributed by atoms with E-state index in [1.165, 1.54) is 14.2 Å². The van der Waals surface area contributed by atoms with Gasteiger partial charge in [-0.2, -0.15) is 0 Å². The van der Waals surface area contributed by atoms with E-state index in [0.29, 0.717) is 35.5 Å². The average Bonchev–Trinajstić information content (AvgIpc) is 3.28. The van der Waals surface area contributed by atoms with Crippen molar-refractivity contribution in [3.63, 3.8) is 0 Å². The first-order valence-electron chi connectivity index (χ1n) is 9.19. The molecule has 2 atom stereocenters. The van der Waals surface area contributed by atoms with E-state index in [4.69, 9.17) is 18.9 Å². The zero-order chi connectivity index (χ0) is 20.0. The Balaban J connectivity index is 2.13. The van der Waals surface area contributed by atoms with Gasteiger partial charge in [-0.25, -0.2) is 9.59 Å². The lowest BCUT2D eigenvalue weighted by molar-refractivity contribution is 0.0588. The van der Waals surface area contributed by atoms with E-state index in [0.717, 1.165) is 22.3 Å². The van der Waals surface area contributed by atoms with Crippen LogP contribution in [0.1, 0.15) is 69.0 Å². The van der Waals surface area contributed by atoms with Crippen LogP contribution in [0.15, 0.2) is 24.3 Å². The number of ether oxygens (including phenoxy) is 4. The van der Waals surface area contributed by atoms with Crippen molar-refractivity contribution in [1.29, 1.82) is 0 Å². The quantitative estimate of drug-likeness (QED) is 0.744. The number of hydrogen-bond acceptors (Lipinski definition) is 6. The van der Waals surface area contributed by atoms with Gasteiger partial charge in [-0.3, -0.25) is 0 Å². The molecular formula is C22H22O6. The van der Waals surface area contributed by atoms with Crippen LogP contribution in [-0.4, -0.2) is 26.2 Å². The number of hydrogen-bond donors (Lipinski definition) is 0. The predicted octanol–water partition coefficient (Wildman–Crippen LogP) is 4.11. The Labute approximate surface area is 163 Å². The highest BCUT2D eigenvalue weighted by atomic mass is 16.5. The van der Waals surface area contributed by atoms with Gasteiger partial charge >= 0.3 is 11.9 Å².